The number of nitrogens with one attached hydrogen (secondary N) is 1. The zero-order valence-electron chi connectivity index (χ0n) is 12.1. The van der Waals surface area contributed by atoms with Gasteiger partial charge in [-0.2, -0.15) is 10.5 Å². The van der Waals surface area contributed by atoms with E-state index in [1.54, 1.807) is 19.1 Å². The van der Waals surface area contributed by atoms with Crippen LogP contribution in [-0.4, -0.2) is 8.42 Å². The van der Waals surface area contributed by atoms with Crippen molar-refractivity contribution >= 4 is 15.7 Å². The van der Waals surface area contributed by atoms with Gasteiger partial charge in [0.2, 0.25) is 0 Å². The molecule has 0 aromatic heterocycles. The van der Waals surface area contributed by atoms with Crippen molar-refractivity contribution in [2.24, 2.45) is 0 Å². The van der Waals surface area contributed by atoms with Crippen molar-refractivity contribution in [3.05, 3.63) is 58.7 Å². The average Bonchev–Trinajstić information content (AvgIpc) is 2.49. The number of hydrogen-bond acceptors (Lipinski definition) is 4. The smallest absolute Gasteiger partial charge is 0.261 e. The maximum atomic E-state index is 12.4. The zero-order valence-corrected chi connectivity index (χ0v) is 12.9. The molecule has 0 saturated carbocycles. The maximum Gasteiger partial charge on any atom is 0.261 e. The first kappa shape index (κ1) is 15.6. The number of aryl methyl sites for hydroxylation is 2. The Bertz CT molecular complexity index is 902. The summed E-state index contributed by atoms with van der Waals surface area (Å²) in [5, 5.41) is 18.1. The topological polar surface area (TPSA) is 93.8 Å². The molecule has 0 radical (unpaired) electrons. The molecule has 110 valence electrons. The molecule has 0 atom stereocenters. The number of anilines is 1. The first-order valence-electron chi connectivity index (χ1n) is 6.41. The fourth-order valence-electron chi connectivity index (χ4n) is 1.99. The average molecular weight is 311 g/mol. The summed E-state index contributed by atoms with van der Waals surface area (Å²) in [6, 6.07) is 13.2. The molecule has 1 N–H and O–H groups in total. The van der Waals surface area contributed by atoms with Crippen molar-refractivity contribution in [1.82, 2.24) is 0 Å². The second-order valence-corrected chi connectivity index (χ2v) is 6.54. The van der Waals surface area contributed by atoms with Crippen LogP contribution in [0, 0.1) is 36.5 Å². The molecule has 0 aliphatic rings. The first-order valence-corrected chi connectivity index (χ1v) is 7.90. The Balaban J connectivity index is 2.49. The minimum Gasteiger partial charge on any atom is -0.278 e. The summed E-state index contributed by atoms with van der Waals surface area (Å²) in [4.78, 5) is 0.116. The Morgan fingerprint density at radius 1 is 1.00 bits per heavy atom. The second kappa shape index (κ2) is 5.88. The highest BCUT2D eigenvalue weighted by atomic mass is 32.2. The number of nitrogens with zero attached hydrogens (tertiary/aromatic N) is 2. The number of rotatable bonds is 3. The minimum atomic E-state index is -3.79. The number of benzene rings is 2. The molecular formula is C16H13N3O2S. The Labute approximate surface area is 129 Å². The predicted molar refractivity (Wildman–Crippen MR) is 82.6 cm³/mol. The minimum absolute atomic E-state index is 0.116. The van der Waals surface area contributed by atoms with Gasteiger partial charge >= 0.3 is 0 Å². The lowest BCUT2D eigenvalue weighted by molar-refractivity contribution is 0.601. The molecule has 2 rings (SSSR count). The Morgan fingerprint density at radius 2 is 1.64 bits per heavy atom. The molecule has 6 heteroatoms. The van der Waals surface area contributed by atoms with Gasteiger partial charge in [0.15, 0.2) is 0 Å². The number of nitriles is 2. The summed E-state index contributed by atoms with van der Waals surface area (Å²) in [5.74, 6) is 0. The van der Waals surface area contributed by atoms with E-state index in [4.69, 9.17) is 5.26 Å². The van der Waals surface area contributed by atoms with Crippen LogP contribution in [-0.2, 0) is 10.0 Å². The summed E-state index contributed by atoms with van der Waals surface area (Å²) >= 11 is 0. The Kier molecular flexibility index (Phi) is 4.16. The van der Waals surface area contributed by atoms with E-state index in [-0.39, 0.29) is 16.1 Å². The van der Waals surface area contributed by atoms with E-state index < -0.39 is 10.0 Å². The van der Waals surface area contributed by atoms with Crippen LogP contribution in [0.4, 0.5) is 5.69 Å². The molecule has 0 saturated heterocycles. The SMILES string of the molecule is Cc1ccc(S(=O)(=O)Nc2c(C)cc(C#N)cc2C#N)cc1. The summed E-state index contributed by atoms with van der Waals surface area (Å²) in [6.45, 7) is 3.51. The van der Waals surface area contributed by atoms with Crippen LogP contribution >= 0.6 is 0 Å². The third-order valence-electron chi connectivity index (χ3n) is 3.15. The summed E-state index contributed by atoms with van der Waals surface area (Å²) < 4.78 is 27.2. The van der Waals surface area contributed by atoms with E-state index in [9.17, 15) is 13.7 Å². The normalized spacial score (nSPS) is 10.5. The van der Waals surface area contributed by atoms with Crippen LogP contribution in [0.3, 0.4) is 0 Å². The predicted octanol–water partition coefficient (Wildman–Crippen LogP) is 2.85. The van der Waals surface area contributed by atoms with Crippen LogP contribution in [0.5, 0.6) is 0 Å². The molecule has 2 aromatic carbocycles. The van der Waals surface area contributed by atoms with Gasteiger partial charge in [0.25, 0.3) is 10.0 Å². The molecule has 2 aromatic rings. The molecule has 0 aliphatic carbocycles. The van der Waals surface area contributed by atoms with Gasteiger partial charge in [-0.15, -0.1) is 0 Å². The van der Waals surface area contributed by atoms with Crippen molar-refractivity contribution in [3.63, 3.8) is 0 Å². The second-order valence-electron chi connectivity index (χ2n) is 4.86. The molecule has 5 nitrogen and oxygen atoms in total. The monoisotopic (exact) mass is 311 g/mol. The third kappa shape index (κ3) is 3.08. The third-order valence-corrected chi connectivity index (χ3v) is 4.52. The number of sulfonamides is 1. The van der Waals surface area contributed by atoms with E-state index in [1.807, 2.05) is 19.1 Å². The Hall–Kier alpha value is -2.83. The lowest BCUT2D eigenvalue weighted by Gasteiger charge is -2.12. The first-order chi connectivity index (χ1) is 10.4. The van der Waals surface area contributed by atoms with E-state index in [1.165, 1.54) is 24.3 Å². The Morgan fingerprint density at radius 3 is 2.18 bits per heavy atom. The van der Waals surface area contributed by atoms with Crippen LogP contribution in [0.1, 0.15) is 22.3 Å². The zero-order chi connectivity index (χ0) is 16.3. The lowest BCUT2D eigenvalue weighted by Crippen LogP contribution is -2.15. The van der Waals surface area contributed by atoms with Gasteiger partial charge in [-0.3, -0.25) is 4.72 Å². The standard InChI is InChI=1S/C16H13N3O2S/c1-11-3-5-15(6-4-11)22(20,21)19-16-12(2)7-13(9-17)8-14(16)10-18/h3-8,19H,1-2H3. The maximum absolute atomic E-state index is 12.4. The molecule has 0 fully saturated rings. The highest BCUT2D eigenvalue weighted by Crippen LogP contribution is 2.25. The fourth-order valence-corrected chi connectivity index (χ4v) is 3.14. The summed E-state index contributed by atoms with van der Waals surface area (Å²) in [7, 11) is -3.79. The van der Waals surface area contributed by atoms with Gasteiger partial charge in [0.05, 0.1) is 27.8 Å². The summed E-state index contributed by atoms with van der Waals surface area (Å²) in [6.07, 6.45) is 0. The van der Waals surface area contributed by atoms with Crippen molar-refractivity contribution in [1.29, 1.82) is 10.5 Å². The molecule has 0 amide bonds. The lowest BCUT2D eigenvalue weighted by atomic mass is 10.1. The molecule has 0 bridgehead atoms. The highest BCUT2D eigenvalue weighted by molar-refractivity contribution is 7.92. The van der Waals surface area contributed by atoms with Crippen LogP contribution in [0.2, 0.25) is 0 Å². The van der Waals surface area contributed by atoms with E-state index in [0.717, 1.165) is 5.56 Å². The van der Waals surface area contributed by atoms with Crippen molar-refractivity contribution in [2.75, 3.05) is 4.72 Å². The van der Waals surface area contributed by atoms with Crippen molar-refractivity contribution < 1.29 is 8.42 Å². The molecule has 0 aliphatic heterocycles. The van der Waals surface area contributed by atoms with E-state index >= 15 is 0 Å². The molecule has 0 unspecified atom stereocenters. The van der Waals surface area contributed by atoms with Gasteiger partial charge in [-0.1, -0.05) is 17.7 Å². The number of hydrogen-bond donors (Lipinski definition) is 1. The van der Waals surface area contributed by atoms with Gasteiger partial charge < -0.3 is 0 Å². The van der Waals surface area contributed by atoms with E-state index in [2.05, 4.69) is 4.72 Å². The van der Waals surface area contributed by atoms with Crippen molar-refractivity contribution in [2.45, 2.75) is 18.7 Å². The van der Waals surface area contributed by atoms with Gasteiger partial charge in [0.1, 0.15) is 6.07 Å². The molecule has 0 heterocycles. The largest absolute Gasteiger partial charge is 0.278 e. The molecule has 0 spiro atoms. The van der Waals surface area contributed by atoms with Crippen molar-refractivity contribution in [3.8, 4) is 12.1 Å². The van der Waals surface area contributed by atoms with Gasteiger partial charge in [0, 0.05) is 0 Å². The highest BCUT2D eigenvalue weighted by Gasteiger charge is 2.18. The fraction of sp³-hybridized carbons (Fsp3) is 0.125. The molecular weight excluding hydrogens is 298 g/mol. The van der Waals surface area contributed by atoms with Crippen LogP contribution < -0.4 is 4.72 Å². The van der Waals surface area contributed by atoms with Gasteiger partial charge in [-0.05, 0) is 43.7 Å². The van der Waals surface area contributed by atoms with Gasteiger partial charge in [-0.25, -0.2) is 8.42 Å². The van der Waals surface area contributed by atoms with Crippen LogP contribution in [0.15, 0.2) is 41.3 Å². The quantitative estimate of drug-likeness (QED) is 0.943. The summed E-state index contributed by atoms with van der Waals surface area (Å²) in [5.41, 5.74) is 2.10. The molecule has 22 heavy (non-hydrogen) atoms. The van der Waals surface area contributed by atoms with E-state index in [0.29, 0.717) is 11.1 Å². The van der Waals surface area contributed by atoms with Crippen LogP contribution in [0.25, 0.3) is 0 Å².